The van der Waals surface area contributed by atoms with Crippen molar-refractivity contribution in [3.63, 3.8) is 0 Å². The lowest BCUT2D eigenvalue weighted by atomic mass is 10.2. The summed E-state index contributed by atoms with van der Waals surface area (Å²) in [6.45, 7) is 3.33. The van der Waals surface area contributed by atoms with Gasteiger partial charge in [-0.3, -0.25) is 4.79 Å². The number of carbonyl (C=O) groups is 1. The Kier molecular flexibility index (Phi) is 8.69. The van der Waals surface area contributed by atoms with Crippen LogP contribution in [-0.2, 0) is 4.79 Å². The highest BCUT2D eigenvalue weighted by Crippen LogP contribution is 1.91. The van der Waals surface area contributed by atoms with E-state index < -0.39 is 6.04 Å². The zero-order chi connectivity index (χ0) is 12.2. The second kappa shape index (κ2) is 9.77. The molecular weight excluding hydrogens is 208 g/mol. The number of amides is 1. The molecule has 7 heteroatoms. The Morgan fingerprint density at radius 3 is 3.00 bits per heavy atom. The monoisotopic (exact) mass is 224 g/mol. The van der Waals surface area contributed by atoms with Crippen molar-refractivity contribution < 1.29 is 4.79 Å². The van der Waals surface area contributed by atoms with Gasteiger partial charge in [-0.05, 0) is 25.4 Å². The Labute approximate surface area is 94.4 Å². The second-order valence-electron chi connectivity index (χ2n) is 3.10. The molecule has 0 heterocycles. The molecule has 0 spiro atoms. The number of azide groups is 1. The van der Waals surface area contributed by atoms with Crippen molar-refractivity contribution >= 4 is 5.91 Å². The fraction of sp³-hybridized carbons (Fsp3) is 0.778. The maximum Gasteiger partial charge on any atom is 0.222 e. The highest BCUT2D eigenvalue weighted by molar-refractivity contribution is 5.76. The Morgan fingerprint density at radius 2 is 2.44 bits per heavy atom. The third-order valence-corrected chi connectivity index (χ3v) is 1.81. The highest BCUT2D eigenvalue weighted by atomic mass is 16.1. The number of nitriles is 1. The minimum absolute atomic E-state index is 0.142. The van der Waals surface area contributed by atoms with Crippen molar-refractivity contribution in [3.8, 4) is 6.07 Å². The van der Waals surface area contributed by atoms with E-state index in [9.17, 15) is 4.79 Å². The Balaban J connectivity index is 3.71. The number of hydrogen-bond acceptors (Lipinski definition) is 4. The van der Waals surface area contributed by atoms with E-state index in [4.69, 9.17) is 10.8 Å². The van der Waals surface area contributed by atoms with E-state index in [1.807, 2.05) is 13.0 Å². The largest absolute Gasteiger partial charge is 0.356 e. The molecule has 0 aromatic rings. The SMILES string of the molecule is CCNC(=O)CC(C#N)NCCCN=[N+]=[N-]. The minimum Gasteiger partial charge on any atom is -0.356 e. The topological polar surface area (TPSA) is 114 Å². The molecule has 0 aromatic heterocycles. The Hall–Kier alpha value is -1.77. The summed E-state index contributed by atoms with van der Waals surface area (Å²) < 4.78 is 0. The number of nitrogens with one attached hydrogen (secondary N) is 2. The summed E-state index contributed by atoms with van der Waals surface area (Å²) in [5, 5.41) is 17.7. The van der Waals surface area contributed by atoms with E-state index in [0.717, 1.165) is 0 Å². The first-order valence-corrected chi connectivity index (χ1v) is 5.15. The summed E-state index contributed by atoms with van der Waals surface area (Å²) >= 11 is 0. The number of nitrogens with zero attached hydrogens (tertiary/aromatic N) is 4. The number of carbonyl (C=O) groups excluding carboxylic acids is 1. The average molecular weight is 224 g/mol. The van der Waals surface area contributed by atoms with Gasteiger partial charge < -0.3 is 10.6 Å². The van der Waals surface area contributed by atoms with Crippen molar-refractivity contribution in [3.05, 3.63) is 10.4 Å². The highest BCUT2D eigenvalue weighted by Gasteiger charge is 2.10. The molecule has 16 heavy (non-hydrogen) atoms. The molecule has 88 valence electrons. The molecule has 0 aliphatic carbocycles. The lowest BCUT2D eigenvalue weighted by Gasteiger charge is -2.10. The third-order valence-electron chi connectivity index (χ3n) is 1.81. The second-order valence-corrected chi connectivity index (χ2v) is 3.10. The van der Waals surface area contributed by atoms with Crippen LogP contribution >= 0.6 is 0 Å². The summed E-state index contributed by atoms with van der Waals surface area (Å²) in [5.74, 6) is -0.142. The molecule has 0 saturated carbocycles. The van der Waals surface area contributed by atoms with Crippen molar-refractivity contribution in [1.29, 1.82) is 5.26 Å². The number of rotatable bonds is 8. The van der Waals surface area contributed by atoms with Crippen molar-refractivity contribution in [1.82, 2.24) is 10.6 Å². The minimum atomic E-state index is -0.488. The van der Waals surface area contributed by atoms with Gasteiger partial charge in [-0.15, -0.1) is 0 Å². The fourth-order valence-corrected chi connectivity index (χ4v) is 1.09. The van der Waals surface area contributed by atoms with Gasteiger partial charge >= 0.3 is 0 Å². The molecule has 0 bridgehead atoms. The first kappa shape index (κ1) is 14.2. The Morgan fingerprint density at radius 1 is 1.69 bits per heavy atom. The van der Waals surface area contributed by atoms with E-state index in [0.29, 0.717) is 26.1 Å². The molecule has 0 aliphatic rings. The van der Waals surface area contributed by atoms with E-state index in [-0.39, 0.29) is 12.3 Å². The van der Waals surface area contributed by atoms with Crippen LogP contribution in [-0.4, -0.2) is 31.6 Å². The summed E-state index contributed by atoms with van der Waals surface area (Å²) in [6.07, 6.45) is 0.795. The molecule has 0 aromatic carbocycles. The van der Waals surface area contributed by atoms with Crippen molar-refractivity contribution in [2.75, 3.05) is 19.6 Å². The van der Waals surface area contributed by atoms with Gasteiger partial charge in [0.2, 0.25) is 5.91 Å². The molecule has 1 amide bonds. The smallest absolute Gasteiger partial charge is 0.222 e. The van der Waals surface area contributed by atoms with Crippen LogP contribution in [0.25, 0.3) is 10.4 Å². The van der Waals surface area contributed by atoms with Gasteiger partial charge in [-0.1, -0.05) is 5.11 Å². The summed E-state index contributed by atoms with van der Waals surface area (Å²) in [4.78, 5) is 13.8. The maximum atomic E-state index is 11.2. The molecule has 7 nitrogen and oxygen atoms in total. The van der Waals surface area contributed by atoms with Crippen LogP contribution in [0.4, 0.5) is 0 Å². The molecular formula is C9H16N6O. The van der Waals surface area contributed by atoms with Crippen LogP contribution in [0.15, 0.2) is 5.11 Å². The summed E-state index contributed by atoms with van der Waals surface area (Å²) in [5.41, 5.74) is 8.03. The lowest BCUT2D eigenvalue weighted by molar-refractivity contribution is -0.121. The van der Waals surface area contributed by atoms with Crippen LogP contribution in [0, 0.1) is 11.3 Å². The summed E-state index contributed by atoms with van der Waals surface area (Å²) in [6, 6.07) is 1.52. The van der Waals surface area contributed by atoms with Gasteiger partial charge in [0.25, 0.3) is 0 Å². The Bertz CT molecular complexity index is 291. The first-order chi connectivity index (χ1) is 7.74. The average Bonchev–Trinajstić information content (AvgIpc) is 2.27. The molecule has 0 radical (unpaired) electrons. The van der Waals surface area contributed by atoms with E-state index in [1.165, 1.54) is 0 Å². The van der Waals surface area contributed by atoms with Gasteiger partial charge in [0.05, 0.1) is 12.5 Å². The predicted molar refractivity (Wildman–Crippen MR) is 59.3 cm³/mol. The van der Waals surface area contributed by atoms with Crippen molar-refractivity contribution in [2.24, 2.45) is 5.11 Å². The maximum absolute atomic E-state index is 11.2. The van der Waals surface area contributed by atoms with Crippen LogP contribution < -0.4 is 10.6 Å². The van der Waals surface area contributed by atoms with Crippen molar-refractivity contribution in [2.45, 2.75) is 25.8 Å². The van der Waals surface area contributed by atoms with Crippen LogP contribution in [0.3, 0.4) is 0 Å². The van der Waals surface area contributed by atoms with Gasteiger partial charge in [-0.25, -0.2) is 0 Å². The quantitative estimate of drug-likeness (QED) is 0.273. The van der Waals surface area contributed by atoms with Gasteiger partial charge in [0, 0.05) is 18.0 Å². The molecule has 1 atom stereocenters. The van der Waals surface area contributed by atoms with Crippen LogP contribution in [0.2, 0.25) is 0 Å². The zero-order valence-corrected chi connectivity index (χ0v) is 9.31. The number of hydrogen-bond donors (Lipinski definition) is 2. The predicted octanol–water partition coefficient (Wildman–Crippen LogP) is 0.695. The third kappa shape index (κ3) is 7.62. The van der Waals surface area contributed by atoms with E-state index in [1.54, 1.807) is 0 Å². The molecule has 2 N–H and O–H groups in total. The van der Waals surface area contributed by atoms with Crippen LogP contribution in [0.5, 0.6) is 0 Å². The van der Waals surface area contributed by atoms with E-state index >= 15 is 0 Å². The fourth-order valence-electron chi connectivity index (χ4n) is 1.09. The zero-order valence-electron chi connectivity index (χ0n) is 9.31. The molecule has 0 fully saturated rings. The van der Waals surface area contributed by atoms with Gasteiger partial charge in [0.1, 0.15) is 6.04 Å². The summed E-state index contributed by atoms with van der Waals surface area (Å²) in [7, 11) is 0. The van der Waals surface area contributed by atoms with E-state index in [2.05, 4.69) is 20.7 Å². The molecule has 1 unspecified atom stereocenters. The molecule has 0 rings (SSSR count). The molecule has 0 saturated heterocycles. The lowest BCUT2D eigenvalue weighted by Crippen LogP contribution is -2.35. The normalized spacial score (nSPS) is 11.0. The van der Waals surface area contributed by atoms with Gasteiger partial charge in [0.15, 0.2) is 0 Å². The molecule has 0 aliphatic heterocycles. The van der Waals surface area contributed by atoms with Crippen LogP contribution in [0.1, 0.15) is 19.8 Å². The van der Waals surface area contributed by atoms with Gasteiger partial charge in [-0.2, -0.15) is 5.26 Å². The standard InChI is InChI=1S/C9H16N6O/c1-2-12-9(16)6-8(7-10)13-4-3-5-14-15-11/h8,13H,2-6H2,1H3,(H,12,16). The first-order valence-electron chi connectivity index (χ1n) is 5.15.